The molecule has 9 heteroatoms. The molecule has 25 heavy (non-hydrogen) atoms. The number of carbonyl (C=O) groups is 1. The van der Waals surface area contributed by atoms with Crippen molar-refractivity contribution < 1.29 is 31.9 Å². The number of ether oxygens (including phenoxy) is 1. The van der Waals surface area contributed by atoms with Crippen LogP contribution < -0.4 is 4.90 Å². The van der Waals surface area contributed by atoms with E-state index in [4.69, 9.17) is 4.84 Å². The molecule has 1 fully saturated rings. The number of anilines is 1. The molecule has 3 rings (SSSR count). The van der Waals surface area contributed by atoms with Crippen LogP contribution in [0.25, 0.3) is 0 Å². The topological polar surface area (TPSA) is 42.0 Å². The number of allylic oxidation sites excluding steroid dienone is 1. The first-order chi connectivity index (χ1) is 11.6. The summed E-state index contributed by atoms with van der Waals surface area (Å²) in [5.41, 5.74) is -0.214. The van der Waals surface area contributed by atoms with Gasteiger partial charge in [0.05, 0.1) is 30.5 Å². The summed E-state index contributed by atoms with van der Waals surface area (Å²) in [4.78, 5) is 18.4. The van der Waals surface area contributed by atoms with Gasteiger partial charge in [0.1, 0.15) is 5.82 Å². The van der Waals surface area contributed by atoms with Crippen LogP contribution in [0.1, 0.15) is 19.4 Å². The van der Waals surface area contributed by atoms with Gasteiger partial charge in [0.15, 0.2) is 6.73 Å². The average molecular weight is 360 g/mol. The lowest BCUT2D eigenvalue weighted by molar-refractivity contribution is -0.165. The molecule has 0 saturated carbocycles. The number of carbonyl (C=O) groups excluding carboxylic acids is 1. The second kappa shape index (κ2) is 5.91. The highest BCUT2D eigenvalue weighted by atomic mass is 19.4. The summed E-state index contributed by atoms with van der Waals surface area (Å²) in [5.74, 6) is -2.09. The number of benzene rings is 1. The number of halogens is 4. The molecule has 0 N–H and O–H groups in total. The van der Waals surface area contributed by atoms with E-state index in [0.717, 1.165) is 16.0 Å². The fourth-order valence-electron chi connectivity index (χ4n) is 2.51. The Morgan fingerprint density at radius 1 is 1.28 bits per heavy atom. The van der Waals surface area contributed by atoms with Gasteiger partial charge in [-0.15, -0.1) is 0 Å². The molecule has 2 aliphatic rings. The Morgan fingerprint density at radius 2 is 2.00 bits per heavy atom. The van der Waals surface area contributed by atoms with Crippen LogP contribution in [0.15, 0.2) is 30.2 Å². The van der Waals surface area contributed by atoms with E-state index < -0.39 is 29.9 Å². The number of amides is 1. The van der Waals surface area contributed by atoms with Gasteiger partial charge in [-0.2, -0.15) is 13.2 Å². The molecule has 0 aliphatic carbocycles. The van der Waals surface area contributed by atoms with Gasteiger partial charge in [0, 0.05) is 0 Å². The minimum Gasteiger partial charge on any atom is -0.466 e. The first-order valence-corrected chi connectivity index (χ1v) is 7.50. The summed E-state index contributed by atoms with van der Waals surface area (Å²) < 4.78 is 56.6. The first-order valence-electron chi connectivity index (χ1n) is 7.50. The molecule has 2 heterocycles. The predicted molar refractivity (Wildman–Crippen MR) is 79.3 cm³/mol. The van der Waals surface area contributed by atoms with Crippen molar-refractivity contribution >= 4 is 11.6 Å². The summed E-state index contributed by atoms with van der Waals surface area (Å²) >= 11 is 0. The Kier molecular flexibility index (Phi) is 4.14. The number of rotatable bonds is 3. The fourth-order valence-corrected chi connectivity index (χ4v) is 2.51. The van der Waals surface area contributed by atoms with Crippen molar-refractivity contribution in [2.75, 3.05) is 18.2 Å². The highest BCUT2D eigenvalue weighted by molar-refractivity contribution is 5.82. The third-order valence-electron chi connectivity index (χ3n) is 3.95. The zero-order valence-electron chi connectivity index (χ0n) is 13.6. The van der Waals surface area contributed by atoms with Crippen LogP contribution in [0, 0.1) is 11.2 Å². The maximum atomic E-state index is 14.3. The second-order valence-corrected chi connectivity index (χ2v) is 6.52. The molecule has 0 radical (unpaired) electrons. The first kappa shape index (κ1) is 17.5. The van der Waals surface area contributed by atoms with E-state index >= 15 is 0 Å². The minimum atomic E-state index is -4.62. The molecule has 0 bridgehead atoms. The smallest absolute Gasteiger partial charge is 0.450 e. The van der Waals surface area contributed by atoms with E-state index in [-0.39, 0.29) is 24.7 Å². The Morgan fingerprint density at radius 3 is 2.52 bits per heavy atom. The molecule has 1 aromatic rings. The van der Waals surface area contributed by atoms with Gasteiger partial charge in [-0.05, 0) is 31.5 Å². The van der Waals surface area contributed by atoms with E-state index in [1.54, 1.807) is 13.8 Å². The van der Waals surface area contributed by atoms with Crippen LogP contribution >= 0.6 is 0 Å². The molecule has 0 spiro atoms. The van der Waals surface area contributed by atoms with Crippen molar-refractivity contribution in [3.63, 3.8) is 0 Å². The average Bonchev–Trinajstić information content (AvgIpc) is 3.08. The molecule has 1 amide bonds. The molecule has 1 saturated heterocycles. The lowest BCUT2D eigenvalue weighted by atomic mass is 9.95. The zero-order valence-corrected chi connectivity index (χ0v) is 13.6. The van der Waals surface area contributed by atoms with E-state index in [9.17, 15) is 22.4 Å². The predicted octanol–water partition coefficient (Wildman–Crippen LogP) is 3.32. The normalized spacial score (nSPS) is 20.1. The molecule has 5 nitrogen and oxygen atoms in total. The van der Waals surface area contributed by atoms with E-state index in [2.05, 4.69) is 4.74 Å². The van der Waals surface area contributed by atoms with Crippen LogP contribution in [0.4, 0.5) is 23.2 Å². The van der Waals surface area contributed by atoms with Gasteiger partial charge in [0.25, 0.3) is 5.91 Å². The third-order valence-corrected chi connectivity index (χ3v) is 3.95. The SMILES string of the molecule is CC1(C)CON(Cc2ccc(N3C=C(C(F)(F)F)OC3)c(F)c2)C1=O. The Bertz CT molecular complexity index is 731. The van der Waals surface area contributed by atoms with Gasteiger partial charge >= 0.3 is 6.18 Å². The highest BCUT2D eigenvalue weighted by Crippen LogP contribution is 2.34. The quantitative estimate of drug-likeness (QED) is 0.776. The summed E-state index contributed by atoms with van der Waals surface area (Å²) in [6.45, 7) is 3.36. The molecule has 1 aromatic carbocycles. The van der Waals surface area contributed by atoms with Crippen LogP contribution in [-0.2, 0) is 20.9 Å². The van der Waals surface area contributed by atoms with Crippen LogP contribution in [0.3, 0.4) is 0 Å². The van der Waals surface area contributed by atoms with Crippen LogP contribution in [-0.4, -0.2) is 30.5 Å². The number of hydrogen-bond acceptors (Lipinski definition) is 4. The zero-order chi connectivity index (χ0) is 18.4. The summed E-state index contributed by atoms with van der Waals surface area (Å²) in [6, 6.07) is 4.03. The Balaban J connectivity index is 1.74. The van der Waals surface area contributed by atoms with Gasteiger partial charge in [-0.3, -0.25) is 9.63 Å². The van der Waals surface area contributed by atoms with E-state index in [1.165, 1.54) is 12.1 Å². The van der Waals surface area contributed by atoms with Crippen molar-refractivity contribution in [2.45, 2.75) is 26.6 Å². The number of alkyl halides is 3. The lowest BCUT2D eigenvalue weighted by Crippen LogP contribution is -2.30. The van der Waals surface area contributed by atoms with Crippen molar-refractivity contribution in [1.82, 2.24) is 5.06 Å². The highest BCUT2D eigenvalue weighted by Gasteiger charge is 2.41. The number of hydroxylamine groups is 2. The number of hydrogen-bond donors (Lipinski definition) is 0. The van der Waals surface area contributed by atoms with E-state index in [1.807, 2.05) is 0 Å². The van der Waals surface area contributed by atoms with Gasteiger partial charge in [-0.1, -0.05) is 6.07 Å². The maximum Gasteiger partial charge on any atom is 0.450 e. The monoisotopic (exact) mass is 360 g/mol. The fraction of sp³-hybridized carbons (Fsp3) is 0.438. The maximum absolute atomic E-state index is 14.3. The Labute approximate surface area is 141 Å². The number of nitrogens with zero attached hydrogens (tertiary/aromatic N) is 2. The summed E-state index contributed by atoms with van der Waals surface area (Å²) in [6.07, 6.45) is -3.90. The molecule has 0 unspecified atom stereocenters. The van der Waals surface area contributed by atoms with Crippen LogP contribution in [0.5, 0.6) is 0 Å². The standard InChI is InChI=1S/C16H16F4N2O3/c1-15(2)8-25-22(14(15)23)6-10-3-4-12(11(17)5-10)21-7-13(24-9-21)16(18,19)20/h3-5,7H,6,8-9H2,1-2H3. The minimum absolute atomic E-state index is 0.0444. The molecular weight excluding hydrogens is 344 g/mol. The molecule has 136 valence electrons. The largest absolute Gasteiger partial charge is 0.466 e. The molecule has 0 atom stereocenters. The van der Waals surface area contributed by atoms with Crippen molar-refractivity contribution in [2.24, 2.45) is 5.41 Å². The van der Waals surface area contributed by atoms with Gasteiger partial charge < -0.3 is 9.64 Å². The van der Waals surface area contributed by atoms with Crippen molar-refractivity contribution in [3.05, 3.63) is 41.5 Å². The molecular formula is C16H16F4N2O3. The summed E-state index contributed by atoms with van der Waals surface area (Å²) in [7, 11) is 0. The van der Waals surface area contributed by atoms with Gasteiger partial charge in [0.2, 0.25) is 5.76 Å². The van der Waals surface area contributed by atoms with Crippen molar-refractivity contribution in [3.8, 4) is 0 Å². The van der Waals surface area contributed by atoms with E-state index in [0.29, 0.717) is 11.8 Å². The second-order valence-electron chi connectivity index (χ2n) is 6.52. The lowest BCUT2D eigenvalue weighted by Gasteiger charge is -2.18. The third kappa shape index (κ3) is 3.41. The molecule has 2 aliphatic heterocycles. The van der Waals surface area contributed by atoms with Crippen LogP contribution in [0.2, 0.25) is 0 Å². The Hall–Kier alpha value is -2.29. The summed E-state index contributed by atoms with van der Waals surface area (Å²) in [5, 5.41) is 1.16. The van der Waals surface area contributed by atoms with Gasteiger partial charge in [-0.25, -0.2) is 9.45 Å². The molecule has 0 aromatic heterocycles. The van der Waals surface area contributed by atoms with Crippen molar-refractivity contribution in [1.29, 1.82) is 0 Å².